The quantitative estimate of drug-likeness (QED) is 0.854. The summed E-state index contributed by atoms with van der Waals surface area (Å²) in [6, 6.07) is 8.54. The summed E-state index contributed by atoms with van der Waals surface area (Å²) >= 11 is 0. The van der Waals surface area contributed by atoms with Crippen molar-refractivity contribution in [2.24, 2.45) is 11.1 Å². The molecule has 2 N–H and O–H groups in total. The Morgan fingerprint density at radius 2 is 2.11 bits per heavy atom. The molecule has 1 atom stereocenters. The molecule has 0 bridgehead atoms. The second-order valence-electron chi connectivity index (χ2n) is 5.89. The third kappa shape index (κ3) is 5.32. The van der Waals surface area contributed by atoms with Crippen LogP contribution in [0.5, 0.6) is 5.75 Å². The third-order valence-corrected chi connectivity index (χ3v) is 3.05. The molecule has 104 valence electrons. The Labute approximate surface area is 116 Å². The van der Waals surface area contributed by atoms with Crippen LogP contribution in [0.15, 0.2) is 18.2 Å². The average molecular weight is 260 g/mol. The zero-order chi connectivity index (χ0) is 14.5. The summed E-state index contributed by atoms with van der Waals surface area (Å²) in [4.78, 5) is 0. The van der Waals surface area contributed by atoms with E-state index in [2.05, 4.69) is 19.1 Å². The lowest BCUT2D eigenvalue weighted by Crippen LogP contribution is -2.19. The number of nitrogens with zero attached hydrogens (tertiary/aromatic N) is 1. The lowest BCUT2D eigenvalue weighted by atomic mass is 9.92. The monoisotopic (exact) mass is 260 g/mol. The van der Waals surface area contributed by atoms with E-state index in [1.807, 2.05) is 32.9 Å². The van der Waals surface area contributed by atoms with Gasteiger partial charge in [0, 0.05) is 6.04 Å². The van der Waals surface area contributed by atoms with Crippen molar-refractivity contribution in [1.82, 2.24) is 0 Å². The number of rotatable bonds is 6. The number of nitriles is 1. The second kappa shape index (κ2) is 6.58. The fraction of sp³-hybridized carbons (Fsp3) is 0.562. The van der Waals surface area contributed by atoms with Crippen LogP contribution in [0.3, 0.4) is 0 Å². The Bertz CT molecular complexity index is 458. The molecule has 0 heterocycles. The normalized spacial score (nSPS) is 12.8. The summed E-state index contributed by atoms with van der Waals surface area (Å²) < 4.78 is 5.82. The molecule has 0 aliphatic rings. The van der Waals surface area contributed by atoms with Gasteiger partial charge in [0.05, 0.1) is 18.1 Å². The van der Waals surface area contributed by atoms with Gasteiger partial charge in [-0.2, -0.15) is 5.26 Å². The van der Waals surface area contributed by atoms with Gasteiger partial charge in [-0.25, -0.2) is 0 Å². The molecule has 0 fully saturated rings. The summed E-state index contributed by atoms with van der Waals surface area (Å²) in [7, 11) is 0. The molecular weight excluding hydrogens is 236 g/mol. The van der Waals surface area contributed by atoms with Gasteiger partial charge >= 0.3 is 0 Å². The number of benzene rings is 1. The predicted octanol–water partition coefficient (Wildman–Crippen LogP) is 3.20. The topological polar surface area (TPSA) is 59.0 Å². The first-order valence-corrected chi connectivity index (χ1v) is 6.73. The summed E-state index contributed by atoms with van der Waals surface area (Å²) in [6.07, 6.45) is 1.52. The maximum absolute atomic E-state index is 8.98. The Morgan fingerprint density at radius 3 is 2.68 bits per heavy atom. The Balaban J connectivity index is 2.70. The van der Waals surface area contributed by atoms with Gasteiger partial charge in [0.1, 0.15) is 5.75 Å². The molecule has 0 aromatic heterocycles. The molecule has 1 aromatic carbocycles. The van der Waals surface area contributed by atoms with E-state index in [0.717, 1.165) is 24.2 Å². The standard InChI is InChI=1S/C16H24N2O/c1-12-5-6-15(14(9-12)10-13(2)18)19-8-7-16(3,4)11-17/h5-6,9,13H,7-8,10,18H2,1-4H3. The van der Waals surface area contributed by atoms with Crippen LogP contribution in [0, 0.1) is 23.7 Å². The van der Waals surface area contributed by atoms with E-state index in [1.54, 1.807) is 0 Å². The lowest BCUT2D eigenvalue weighted by Gasteiger charge is -2.18. The molecule has 19 heavy (non-hydrogen) atoms. The first-order valence-electron chi connectivity index (χ1n) is 6.73. The minimum atomic E-state index is -0.341. The van der Waals surface area contributed by atoms with Gasteiger partial charge in [-0.05, 0) is 52.2 Å². The predicted molar refractivity (Wildman–Crippen MR) is 78.0 cm³/mol. The number of ether oxygens (including phenoxy) is 1. The molecule has 0 aliphatic heterocycles. The number of hydrogen-bond acceptors (Lipinski definition) is 3. The highest BCUT2D eigenvalue weighted by molar-refractivity contribution is 5.37. The molecule has 0 radical (unpaired) electrons. The number of aryl methyl sites for hydroxylation is 1. The van der Waals surface area contributed by atoms with Crippen molar-refractivity contribution in [2.45, 2.75) is 46.6 Å². The molecule has 0 saturated carbocycles. The molecule has 0 aliphatic carbocycles. The lowest BCUT2D eigenvalue weighted by molar-refractivity contribution is 0.262. The number of hydrogen-bond donors (Lipinski definition) is 1. The van der Waals surface area contributed by atoms with Crippen molar-refractivity contribution in [2.75, 3.05) is 6.61 Å². The van der Waals surface area contributed by atoms with Crippen molar-refractivity contribution in [1.29, 1.82) is 5.26 Å². The van der Waals surface area contributed by atoms with Crippen LogP contribution in [0.1, 0.15) is 38.3 Å². The minimum Gasteiger partial charge on any atom is -0.493 e. The first-order chi connectivity index (χ1) is 8.84. The van der Waals surface area contributed by atoms with Gasteiger partial charge in [-0.15, -0.1) is 0 Å². The third-order valence-electron chi connectivity index (χ3n) is 3.05. The van der Waals surface area contributed by atoms with E-state index in [1.165, 1.54) is 5.56 Å². The Hall–Kier alpha value is -1.53. The van der Waals surface area contributed by atoms with Gasteiger partial charge in [0.15, 0.2) is 0 Å². The molecule has 3 heteroatoms. The van der Waals surface area contributed by atoms with Crippen LogP contribution in [-0.4, -0.2) is 12.6 Å². The molecule has 1 rings (SSSR count). The van der Waals surface area contributed by atoms with E-state index in [9.17, 15) is 0 Å². The Kier molecular flexibility index (Phi) is 5.38. The Morgan fingerprint density at radius 1 is 1.42 bits per heavy atom. The summed E-state index contributed by atoms with van der Waals surface area (Å²) in [6.45, 7) is 8.45. The van der Waals surface area contributed by atoms with Gasteiger partial charge in [-0.3, -0.25) is 0 Å². The van der Waals surface area contributed by atoms with Crippen molar-refractivity contribution >= 4 is 0 Å². The first kappa shape index (κ1) is 15.5. The fourth-order valence-electron chi connectivity index (χ4n) is 1.83. The fourth-order valence-corrected chi connectivity index (χ4v) is 1.83. The van der Waals surface area contributed by atoms with Crippen molar-refractivity contribution in [3.05, 3.63) is 29.3 Å². The van der Waals surface area contributed by atoms with E-state index in [0.29, 0.717) is 6.61 Å². The molecule has 3 nitrogen and oxygen atoms in total. The van der Waals surface area contributed by atoms with E-state index < -0.39 is 0 Å². The largest absolute Gasteiger partial charge is 0.493 e. The molecule has 1 unspecified atom stereocenters. The van der Waals surface area contributed by atoms with Crippen molar-refractivity contribution in [3.63, 3.8) is 0 Å². The summed E-state index contributed by atoms with van der Waals surface area (Å²) in [5, 5.41) is 8.98. The van der Waals surface area contributed by atoms with Gasteiger partial charge < -0.3 is 10.5 Å². The van der Waals surface area contributed by atoms with Crippen LogP contribution >= 0.6 is 0 Å². The van der Waals surface area contributed by atoms with Gasteiger partial charge in [0.25, 0.3) is 0 Å². The van der Waals surface area contributed by atoms with Crippen LogP contribution in [-0.2, 0) is 6.42 Å². The molecule has 0 amide bonds. The van der Waals surface area contributed by atoms with Crippen LogP contribution in [0.25, 0.3) is 0 Å². The summed E-state index contributed by atoms with van der Waals surface area (Å²) in [5.41, 5.74) is 7.87. The molecule has 0 spiro atoms. The SMILES string of the molecule is Cc1ccc(OCCC(C)(C)C#N)c(CC(C)N)c1. The van der Waals surface area contributed by atoms with Gasteiger partial charge in [0.2, 0.25) is 0 Å². The zero-order valence-electron chi connectivity index (χ0n) is 12.4. The summed E-state index contributed by atoms with van der Waals surface area (Å²) in [5.74, 6) is 0.886. The van der Waals surface area contributed by atoms with E-state index in [4.69, 9.17) is 15.7 Å². The van der Waals surface area contributed by atoms with Gasteiger partial charge in [-0.1, -0.05) is 17.7 Å². The van der Waals surface area contributed by atoms with Crippen molar-refractivity contribution < 1.29 is 4.74 Å². The highest BCUT2D eigenvalue weighted by Gasteiger charge is 2.17. The maximum atomic E-state index is 8.98. The smallest absolute Gasteiger partial charge is 0.122 e. The van der Waals surface area contributed by atoms with E-state index >= 15 is 0 Å². The molecule has 1 aromatic rings. The second-order valence-corrected chi connectivity index (χ2v) is 5.89. The van der Waals surface area contributed by atoms with Crippen molar-refractivity contribution in [3.8, 4) is 11.8 Å². The van der Waals surface area contributed by atoms with Crippen LogP contribution in [0.2, 0.25) is 0 Å². The number of nitrogens with two attached hydrogens (primary N) is 1. The highest BCUT2D eigenvalue weighted by Crippen LogP contribution is 2.24. The van der Waals surface area contributed by atoms with Crippen LogP contribution < -0.4 is 10.5 Å². The van der Waals surface area contributed by atoms with E-state index in [-0.39, 0.29) is 11.5 Å². The minimum absolute atomic E-state index is 0.111. The molecular formula is C16H24N2O. The average Bonchev–Trinajstić information content (AvgIpc) is 2.31. The zero-order valence-corrected chi connectivity index (χ0v) is 12.4. The van der Waals surface area contributed by atoms with Crippen LogP contribution in [0.4, 0.5) is 0 Å². The highest BCUT2D eigenvalue weighted by atomic mass is 16.5. The molecule has 0 saturated heterocycles. The maximum Gasteiger partial charge on any atom is 0.122 e.